The fraction of sp³-hybridized carbons (Fsp3) is 0.429. The zero-order valence-corrected chi connectivity index (χ0v) is 10.8. The van der Waals surface area contributed by atoms with E-state index in [1.165, 1.54) is 25.7 Å². The van der Waals surface area contributed by atoms with E-state index >= 15 is 0 Å². The quantitative estimate of drug-likeness (QED) is 0.760. The lowest BCUT2D eigenvalue weighted by Gasteiger charge is -2.08. The van der Waals surface area contributed by atoms with Crippen molar-refractivity contribution in [2.75, 3.05) is 11.9 Å². The molecule has 4 heteroatoms. The molecule has 0 saturated heterocycles. The first kappa shape index (κ1) is 12.6. The Hall–Kier alpha value is -1.84. The van der Waals surface area contributed by atoms with Crippen LogP contribution in [0.2, 0.25) is 0 Å². The number of rotatable bonds is 7. The van der Waals surface area contributed by atoms with E-state index in [9.17, 15) is 0 Å². The fourth-order valence-electron chi connectivity index (χ4n) is 1.90. The average Bonchev–Trinajstić information content (AvgIpc) is 2.93. The van der Waals surface area contributed by atoms with Gasteiger partial charge in [-0.25, -0.2) is 0 Å². The minimum Gasteiger partial charge on any atom is -0.385 e. The summed E-state index contributed by atoms with van der Waals surface area (Å²) in [6, 6.07) is 8.30. The van der Waals surface area contributed by atoms with E-state index in [0.717, 1.165) is 17.9 Å². The van der Waals surface area contributed by atoms with Crippen molar-refractivity contribution in [3.8, 4) is 5.69 Å². The van der Waals surface area contributed by atoms with Gasteiger partial charge in [0.2, 0.25) is 0 Å². The van der Waals surface area contributed by atoms with Gasteiger partial charge in [0.05, 0.1) is 5.69 Å². The molecule has 2 rings (SSSR count). The number of hydrogen-bond donors (Lipinski definition) is 1. The minimum atomic E-state index is 1.03. The second kappa shape index (κ2) is 6.79. The van der Waals surface area contributed by atoms with E-state index in [1.807, 2.05) is 16.7 Å². The maximum atomic E-state index is 3.82. The molecule has 18 heavy (non-hydrogen) atoms. The van der Waals surface area contributed by atoms with E-state index < -0.39 is 0 Å². The van der Waals surface area contributed by atoms with Gasteiger partial charge in [-0.1, -0.05) is 32.3 Å². The molecule has 1 aromatic carbocycles. The normalized spacial score (nSPS) is 10.5. The van der Waals surface area contributed by atoms with Crippen LogP contribution in [0, 0.1) is 0 Å². The first-order valence-corrected chi connectivity index (χ1v) is 6.59. The molecule has 0 bridgehead atoms. The van der Waals surface area contributed by atoms with Gasteiger partial charge >= 0.3 is 0 Å². The van der Waals surface area contributed by atoms with Crippen LogP contribution in [0.5, 0.6) is 0 Å². The van der Waals surface area contributed by atoms with Crippen LogP contribution in [0.25, 0.3) is 5.69 Å². The molecular weight excluding hydrogens is 224 g/mol. The number of unbranched alkanes of at least 4 members (excludes halogenated alkanes) is 3. The van der Waals surface area contributed by atoms with Crippen molar-refractivity contribution in [3.05, 3.63) is 36.9 Å². The Bertz CT molecular complexity index is 451. The van der Waals surface area contributed by atoms with Gasteiger partial charge < -0.3 is 5.32 Å². The highest BCUT2D eigenvalue weighted by atomic mass is 15.2. The number of nitrogens with zero attached hydrogens (tertiary/aromatic N) is 3. The Morgan fingerprint density at radius 3 is 2.72 bits per heavy atom. The summed E-state index contributed by atoms with van der Waals surface area (Å²) in [5.41, 5.74) is 2.23. The highest BCUT2D eigenvalue weighted by Crippen LogP contribution is 2.14. The molecule has 96 valence electrons. The molecule has 0 radical (unpaired) electrons. The van der Waals surface area contributed by atoms with Crippen LogP contribution >= 0.6 is 0 Å². The summed E-state index contributed by atoms with van der Waals surface area (Å²) in [5.74, 6) is 0. The van der Waals surface area contributed by atoms with E-state index in [4.69, 9.17) is 0 Å². The lowest BCUT2D eigenvalue weighted by molar-refractivity contribution is 0.685. The predicted molar refractivity (Wildman–Crippen MR) is 74.0 cm³/mol. The topological polar surface area (TPSA) is 42.7 Å². The van der Waals surface area contributed by atoms with Gasteiger partial charge in [0.25, 0.3) is 0 Å². The molecule has 2 aromatic rings. The molecule has 0 unspecified atom stereocenters. The van der Waals surface area contributed by atoms with Crippen LogP contribution in [0.15, 0.2) is 36.9 Å². The van der Waals surface area contributed by atoms with Crippen molar-refractivity contribution in [2.24, 2.45) is 0 Å². The summed E-state index contributed by atoms with van der Waals surface area (Å²) in [6.45, 7) is 3.27. The molecule has 0 saturated carbocycles. The third kappa shape index (κ3) is 3.58. The Labute approximate surface area is 108 Å². The zero-order valence-electron chi connectivity index (χ0n) is 10.8. The number of anilines is 1. The fourth-order valence-corrected chi connectivity index (χ4v) is 1.90. The summed E-state index contributed by atoms with van der Waals surface area (Å²) in [7, 11) is 0. The van der Waals surface area contributed by atoms with Crippen molar-refractivity contribution < 1.29 is 0 Å². The molecule has 0 aliphatic carbocycles. The highest BCUT2D eigenvalue weighted by molar-refractivity contribution is 5.50. The van der Waals surface area contributed by atoms with E-state index in [-0.39, 0.29) is 0 Å². The summed E-state index contributed by atoms with van der Waals surface area (Å²) < 4.78 is 1.91. The predicted octanol–water partition coefficient (Wildman–Crippen LogP) is 3.26. The second-order valence-corrected chi connectivity index (χ2v) is 4.41. The third-order valence-electron chi connectivity index (χ3n) is 2.92. The number of aromatic nitrogens is 3. The van der Waals surface area contributed by atoms with Gasteiger partial charge in [-0.15, -0.1) is 10.2 Å². The maximum absolute atomic E-state index is 3.82. The second-order valence-electron chi connectivity index (χ2n) is 4.41. The first-order valence-electron chi connectivity index (χ1n) is 6.59. The van der Waals surface area contributed by atoms with Crippen LogP contribution < -0.4 is 5.32 Å². The van der Waals surface area contributed by atoms with Crippen LogP contribution in [-0.2, 0) is 0 Å². The van der Waals surface area contributed by atoms with Crippen molar-refractivity contribution >= 4 is 5.69 Å². The van der Waals surface area contributed by atoms with Crippen molar-refractivity contribution in [1.29, 1.82) is 0 Å². The Morgan fingerprint density at radius 2 is 1.94 bits per heavy atom. The molecule has 1 heterocycles. The third-order valence-corrected chi connectivity index (χ3v) is 2.92. The van der Waals surface area contributed by atoms with Gasteiger partial charge in [0.15, 0.2) is 0 Å². The van der Waals surface area contributed by atoms with E-state index in [0.29, 0.717) is 0 Å². The smallest absolute Gasteiger partial charge is 0.123 e. The number of benzene rings is 1. The van der Waals surface area contributed by atoms with Gasteiger partial charge in [-0.3, -0.25) is 4.57 Å². The van der Waals surface area contributed by atoms with Gasteiger partial charge in [0, 0.05) is 12.2 Å². The van der Waals surface area contributed by atoms with Crippen LogP contribution in [-0.4, -0.2) is 21.3 Å². The summed E-state index contributed by atoms with van der Waals surface area (Å²) in [6.07, 6.45) is 8.55. The molecule has 0 atom stereocenters. The molecule has 4 nitrogen and oxygen atoms in total. The Kier molecular flexibility index (Phi) is 4.76. The molecule has 0 aliphatic heterocycles. The maximum Gasteiger partial charge on any atom is 0.123 e. The van der Waals surface area contributed by atoms with Crippen LogP contribution in [0.1, 0.15) is 32.6 Å². The summed E-state index contributed by atoms with van der Waals surface area (Å²) in [4.78, 5) is 0. The van der Waals surface area contributed by atoms with E-state index in [1.54, 1.807) is 12.7 Å². The Morgan fingerprint density at radius 1 is 1.11 bits per heavy atom. The molecular formula is C14H20N4. The molecule has 1 N–H and O–H groups in total. The van der Waals surface area contributed by atoms with Gasteiger partial charge in [-0.2, -0.15) is 0 Å². The van der Waals surface area contributed by atoms with Crippen molar-refractivity contribution in [3.63, 3.8) is 0 Å². The van der Waals surface area contributed by atoms with Crippen molar-refractivity contribution in [1.82, 2.24) is 14.8 Å². The molecule has 0 fully saturated rings. The van der Waals surface area contributed by atoms with Crippen LogP contribution in [0.3, 0.4) is 0 Å². The highest BCUT2D eigenvalue weighted by Gasteiger charge is 1.97. The molecule has 0 amide bonds. The van der Waals surface area contributed by atoms with Crippen molar-refractivity contribution in [2.45, 2.75) is 32.6 Å². The SMILES string of the molecule is CCCCCCNc1cccc(-n2cnnc2)c1. The van der Waals surface area contributed by atoms with E-state index in [2.05, 4.69) is 34.6 Å². The monoisotopic (exact) mass is 244 g/mol. The average molecular weight is 244 g/mol. The lowest BCUT2D eigenvalue weighted by atomic mass is 10.2. The lowest BCUT2D eigenvalue weighted by Crippen LogP contribution is -2.02. The largest absolute Gasteiger partial charge is 0.385 e. The number of hydrogen-bond acceptors (Lipinski definition) is 3. The summed E-state index contributed by atoms with van der Waals surface area (Å²) in [5, 5.41) is 11.1. The molecule has 1 aromatic heterocycles. The summed E-state index contributed by atoms with van der Waals surface area (Å²) >= 11 is 0. The minimum absolute atomic E-state index is 1.03. The first-order chi connectivity index (χ1) is 8.90. The van der Waals surface area contributed by atoms with Gasteiger partial charge in [0.1, 0.15) is 12.7 Å². The van der Waals surface area contributed by atoms with Gasteiger partial charge in [-0.05, 0) is 24.6 Å². The number of nitrogens with one attached hydrogen (secondary N) is 1. The zero-order chi connectivity index (χ0) is 12.6. The van der Waals surface area contributed by atoms with Crippen LogP contribution in [0.4, 0.5) is 5.69 Å². The standard InChI is InChI=1S/C14H20N4/c1-2-3-4-5-9-15-13-7-6-8-14(10-13)18-11-16-17-12-18/h6-8,10-12,15H,2-5,9H2,1H3. The molecule has 0 aliphatic rings. The molecule has 0 spiro atoms. The Balaban J connectivity index is 1.88.